The first kappa shape index (κ1) is 10.2. The zero-order valence-electron chi connectivity index (χ0n) is 8.55. The molecule has 0 bridgehead atoms. The molecule has 2 aromatic heterocycles. The van der Waals surface area contributed by atoms with Crippen LogP contribution in [0.25, 0.3) is 11.2 Å². The summed E-state index contributed by atoms with van der Waals surface area (Å²) in [5.74, 6) is 1.59. The number of rotatable bonds is 4. The average Bonchev–Trinajstić information content (AvgIpc) is 2.64. The van der Waals surface area contributed by atoms with E-state index in [1.807, 2.05) is 16.3 Å². The molecular formula is C9H13N5S. The Labute approximate surface area is 92.1 Å². The maximum atomic E-state index is 5.69. The van der Waals surface area contributed by atoms with Crippen molar-refractivity contribution in [3.8, 4) is 0 Å². The Morgan fingerprint density at radius 3 is 3.07 bits per heavy atom. The van der Waals surface area contributed by atoms with E-state index in [9.17, 15) is 0 Å². The van der Waals surface area contributed by atoms with E-state index in [-0.39, 0.29) is 0 Å². The minimum Gasteiger partial charge on any atom is -0.382 e. The second-order valence-electron chi connectivity index (χ2n) is 3.22. The summed E-state index contributed by atoms with van der Waals surface area (Å²) in [6.07, 6.45) is 6.46. The molecule has 0 aromatic carbocycles. The fraction of sp³-hybridized carbons (Fsp3) is 0.444. The second kappa shape index (κ2) is 4.48. The highest BCUT2D eigenvalue weighted by Crippen LogP contribution is 2.14. The van der Waals surface area contributed by atoms with Crippen LogP contribution in [0, 0.1) is 0 Å². The first-order chi connectivity index (χ1) is 7.33. The van der Waals surface area contributed by atoms with Crippen molar-refractivity contribution in [1.82, 2.24) is 19.5 Å². The number of imidazole rings is 1. The van der Waals surface area contributed by atoms with Crippen molar-refractivity contribution >= 4 is 28.7 Å². The van der Waals surface area contributed by atoms with Gasteiger partial charge in [0, 0.05) is 6.54 Å². The first-order valence-electron chi connectivity index (χ1n) is 4.73. The molecule has 15 heavy (non-hydrogen) atoms. The van der Waals surface area contributed by atoms with Gasteiger partial charge in [-0.05, 0) is 18.4 Å². The van der Waals surface area contributed by atoms with Crippen LogP contribution < -0.4 is 5.73 Å². The predicted octanol–water partition coefficient (Wildman–Crippen LogP) is 1.16. The molecule has 0 radical (unpaired) electrons. The van der Waals surface area contributed by atoms with Crippen molar-refractivity contribution in [3.63, 3.8) is 0 Å². The standard InChI is InChI=1S/C9H13N5S/c1-15-4-2-3-14-6-13-7-8(10)11-5-12-9(7)14/h5-6H,2-4H2,1H3,(H2,10,11,12). The lowest BCUT2D eigenvalue weighted by molar-refractivity contribution is 0.696. The molecular weight excluding hydrogens is 210 g/mol. The second-order valence-corrected chi connectivity index (χ2v) is 4.20. The van der Waals surface area contributed by atoms with Gasteiger partial charge in [0.2, 0.25) is 0 Å². The molecule has 0 amide bonds. The van der Waals surface area contributed by atoms with Gasteiger partial charge in [-0.3, -0.25) is 0 Å². The lowest BCUT2D eigenvalue weighted by Gasteiger charge is -2.01. The summed E-state index contributed by atoms with van der Waals surface area (Å²) in [7, 11) is 0. The molecule has 0 fully saturated rings. The number of nitrogens with zero attached hydrogens (tertiary/aromatic N) is 4. The Kier molecular flexibility index (Phi) is 3.05. The van der Waals surface area contributed by atoms with E-state index in [1.54, 1.807) is 6.33 Å². The molecule has 5 nitrogen and oxygen atoms in total. The summed E-state index contributed by atoms with van der Waals surface area (Å²) in [6.45, 7) is 0.924. The molecule has 0 aliphatic rings. The number of aromatic nitrogens is 4. The fourth-order valence-electron chi connectivity index (χ4n) is 1.44. The number of aryl methyl sites for hydroxylation is 1. The molecule has 2 rings (SSSR count). The SMILES string of the molecule is CSCCCn1cnc2c(N)ncnc21. The van der Waals surface area contributed by atoms with Gasteiger partial charge in [0.15, 0.2) is 11.5 Å². The molecule has 6 heteroatoms. The Balaban J connectivity index is 2.25. The van der Waals surface area contributed by atoms with Crippen LogP contribution in [0.4, 0.5) is 5.82 Å². The van der Waals surface area contributed by atoms with Crippen LogP contribution in [0.3, 0.4) is 0 Å². The Morgan fingerprint density at radius 1 is 1.40 bits per heavy atom. The highest BCUT2D eigenvalue weighted by atomic mass is 32.2. The average molecular weight is 223 g/mol. The Morgan fingerprint density at radius 2 is 2.27 bits per heavy atom. The highest BCUT2D eigenvalue weighted by Gasteiger charge is 2.06. The summed E-state index contributed by atoms with van der Waals surface area (Å²) in [6, 6.07) is 0. The van der Waals surface area contributed by atoms with Gasteiger partial charge in [-0.25, -0.2) is 15.0 Å². The zero-order valence-corrected chi connectivity index (χ0v) is 9.37. The molecule has 0 atom stereocenters. The molecule has 2 aromatic rings. The molecule has 0 saturated carbocycles. The Bertz CT molecular complexity index is 453. The smallest absolute Gasteiger partial charge is 0.165 e. The van der Waals surface area contributed by atoms with Crippen molar-refractivity contribution in [2.24, 2.45) is 0 Å². The van der Waals surface area contributed by atoms with Crippen LogP contribution in [0.1, 0.15) is 6.42 Å². The van der Waals surface area contributed by atoms with Gasteiger partial charge in [0.1, 0.15) is 11.8 Å². The lowest BCUT2D eigenvalue weighted by atomic mass is 10.4. The maximum absolute atomic E-state index is 5.69. The summed E-state index contributed by atoms with van der Waals surface area (Å²) in [5.41, 5.74) is 7.21. The quantitative estimate of drug-likeness (QED) is 0.788. The number of nitrogen functional groups attached to an aromatic ring is 1. The largest absolute Gasteiger partial charge is 0.382 e. The predicted molar refractivity (Wildman–Crippen MR) is 62.7 cm³/mol. The van der Waals surface area contributed by atoms with Crippen molar-refractivity contribution in [2.75, 3.05) is 17.7 Å². The monoisotopic (exact) mass is 223 g/mol. The van der Waals surface area contributed by atoms with E-state index in [0.717, 1.165) is 24.4 Å². The molecule has 80 valence electrons. The molecule has 0 aliphatic carbocycles. The summed E-state index contributed by atoms with van der Waals surface area (Å²) < 4.78 is 2.02. The maximum Gasteiger partial charge on any atom is 0.165 e. The van der Waals surface area contributed by atoms with Gasteiger partial charge < -0.3 is 10.3 Å². The molecule has 2 heterocycles. The van der Waals surface area contributed by atoms with Gasteiger partial charge in [-0.2, -0.15) is 11.8 Å². The summed E-state index contributed by atoms with van der Waals surface area (Å²) >= 11 is 1.84. The molecule has 0 unspecified atom stereocenters. The van der Waals surface area contributed by atoms with E-state index in [2.05, 4.69) is 21.2 Å². The first-order valence-corrected chi connectivity index (χ1v) is 6.12. The third-order valence-electron chi connectivity index (χ3n) is 2.18. The van der Waals surface area contributed by atoms with Crippen LogP contribution in [0.15, 0.2) is 12.7 Å². The zero-order chi connectivity index (χ0) is 10.7. The molecule has 2 N–H and O–H groups in total. The minimum atomic E-state index is 0.448. The van der Waals surface area contributed by atoms with Gasteiger partial charge in [-0.1, -0.05) is 0 Å². The highest BCUT2D eigenvalue weighted by molar-refractivity contribution is 7.98. The fourth-order valence-corrected chi connectivity index (χ4v) is 1.86. The van der Waals surface area contributed by atoms with Crippen molar-refractivity contribution in [1.29, 1.82) is 0 Å². The molecule has 0 spiro atoms. The van der Waals surface area contributed by atoms with E-state index in [0.29, 0.717) is 11.3 Å². The third kappa shape index (κ3) is 2.04. The van der Waals surface area contributed by atoms with Crippen LogP contribution in [-0.2, 0) is 6.54 Å². The molecule has 0 saturated heterocycles. The molecule has 0 aliphatic heterocycles. The number of thioether (sulfide) groups is 1. The lowest BCUT2D eigenvalue weighted by Crippen LogP contribution is -2.00. The van der Waals surface area contributed by atoms with E-state index < -0.39 is 0 Å². The topological polar surface area (TPSA) is 69.6 Å². The van der Waals surface area contributed by atoms with Crippen molar-refractivity contribution < 1.29 is 0 Å². The van der Waals surface area contributed by atoms with Crippen molar-refractivity contribution in [3.05, 3.63) is 12.7 Å². The summed E-state index contributed by atoms with van der Waals surface area (Å²) in [5, 5.41) is 0. The van der Waals surface area contributed by atoms with Gasteiger partial charge in [-0.15, -0.1) is 0 Å². The normalized spacial score (nSPS) is 11.0. The summed E-state index contributed by atoms with van der Waals surface area (Å²) in [4.78, 5) is 12.3. The number of nitrogens with two attached hydrogens (primary N) is 1. The van der Waals surface area contributed by atoms with E-state index in [1.165, 1.54) is 6.33 Å². The van der Waals surface area contributed by atoms with Gasteiger partial charge in [0.25, 0.3) is 0 Å². The minimum absolute atomic E-state index is 0.448. The van der Waals surface area contributed by atoms with E-state index in [4.69, 9.17) is 5.73 Å². The number of fused-ring (bicyclic) bond motifs is 1. The number of hydrogen-bond donors (Lipinski definition) is 1. The van der Waals surface area contributed by atoms with Crippen LogP contribution in [0.5, 0.6) is 0 Å². The van der Waals surface area contributed by atoms with Crippen LogP contribution in [0.2, 0.25) is 0 Å². The van der Waals surface area contributed by atoms with Crippen molar-refractivity contribution in [2.45, 2.75) is 13.0 Å². The van der Waals surface area contributed by atoms with Gasteiger partial charge in [0.05, 0.1) is 6.33 Å². The van der Waals surface area contributed by atoms with Crippen LogP contribution in [-0.4, -0.2) is 31.5 Å². The van der Waals surface area contributed by atoms with E-state index >= 15 is 0 Å². The van der Waals surface area contributed by atoms with Gasteiger partial charge >= 0.3 is 0 Å². The third-order valence-corrected chi connectivity index (χ3v) is 2.87. The number of anilines is 1. The number of hydrogen-bond acceptors (Lipinski definition) is 5. The van der Waals surface area contributed by atoms with Crippen LogP contribution >= 0.6 is 11.8 Å². The Hall–Kier alpha value is -1.30.